The first kappa shape index (κ1) is 10.4. The van der Waals surface area contributed by atoms with E-state index in [-0.39, 0.29) is 11.5 Å². The van der Waals surface area contributed by atoms with Gasteiger partial charge in [-0.2, -0.15) is 0 Å². The van der Waals surface area contributed by atoms with Crippen LogP contribution >= 0.6 is 0 Å². The van der Waals surface area contributed by atoms with E-state index in [1.54, 1.807) is 0 Å². The van der Waals surface area contributed by atoms with Gasteiger partial charge in [0, 0.05) is 5.54 Å². The normalized spacial score (nSPS) is 27.4. The van der Waals surface area contributed by atoms with Crippen LogP contribution < -0.4 is 11.5 Å². The van der Waals surface area contributed by atoms with E-state index in [9.17, 15) is 0 Å². The van der Waals surface area contributed by atoms with E-state index in [1.165, 1.54) is 11.1 Å². The van der Waals surface area contributed by atoms with Gasteiger partial charge in [-0.05, 0) is 42.5 Å². The predicted octanol–water partition coefficient (Wildman–Crippen LogP) is 0.984. The molecule has 0 fully saturated rings. The molecule has 4 N–H and O–H groups in total. The minimum Gasteiger partial charge on any atom is -0.366 e. The molecule has 3 rings (SSSR count). The quantitative estimate of drug-likeness (QED) is 0.702. The van der Waals surface area contributed by atoms with Gasteiger partial charge in [0.2, 0.25) is 5.95 Å². The summed E-state index contributed by atoms with van der Waals surface area (Å²) in [5.41, 5.74) is 15.7. The van der Waals surface area contributed by atoms with Gasteiger partial charge in [-0.25, -0.2) is 4.98 Å². The Morgan fingerprint density at radius 3 is 2.82 bits per heavy atom. The number of aromatic nitrogens is 3. The third-order valence-electron chi connectivity index (χ3n) is 3.76. The van der Waals surface area contributed by atoms with Gasteiger partial charge in [-0.15, -0.1) is 10.2 Å². The molecule has 1 aromatic carbocycles. The first-order valence-electron chi connectivity index (χ1n) is 5.69. The summed E-state index contributed by atoms with van der Waals surface area (Å²) in [7, 11) is 0. The highest BCUT2D eigenvalue weighted by molar-refractivity contribution is 5.77. The lowest BCUT2D eigenvalue weighted by molar-refractivity contribution is 0.429. The van der Waals surface area contributed by atoms with Crippen LogP contribution in [0.15, 0.2) is 12.1 Å². The lowest BCUT2D eigenvalue weighted by Crippen LogP contribution is -2.39. The summed E-state index contributed by atoms with van der Waals surface area (Å²) in [5, 5.41) is 7.84. The lowest BCUT2D eigenvalue weighted by atomic mass is 9.89. The molecular formula is C12H15N5. The monoisotopic (exact) mass is 229 g/mol. The molecule has 0 bridgehead atoms. The largest absolute Gasteiger partial charge is 0.366 e. The Bertz CT molecular complexity index is 605. The SMILES string of the molecule is CC1c2cc3nnc(N)nc3cc2CC1(C)N. The van der Waals surface area contributed by atoms with Crippen LogP contribution in [-0.2, 0) is 6.42 Å². The van der Waals surface area contributed by atoms with E-state index in [2.05, 4.69) is 29.0 Å². The number of fused-ring (bicyclic) bond motifs is 2. The summed E-state index contributed by atoms with van der Waals surface area (Å²) in [6.07, 6.45) is 0.864. The summed E-state index contributed by atoms with van der Waals surface area (Å²) in [5.74, 6) is 0.528. The van der Waals surface area contributed by atoms with Gasteiger partial charge in [0.1, 0.15) is 5.52 Å². The summed E-state index contributed by atoms with van der Waals surface area (Å²) >= 11 is 0. The summed E-state index contributed by atoms with van der Waals surface area (Å²) in [6, 6.07) is 4.07. The van der Waals surface area contributed by atoms with Crippen molar-refractivity contribution in [1.82, 2.24) is 15.2 Å². The Hall–Kier alpha value is -1.75. The van der Waals surface area contributed by atoms with Crippen LogP contribution in [-0.4, -0.2) is 20.7 Å². The minimum atomic E-state index is -0.196. The van der Waals surface area contributed by atoms with Crippen molar-refractivity contribution < 1.29 is 0 Å². The number of rotatable bonds is 0. The number of hydrogen-bond donors (Lipinski definition) is 2. The van der Waals surface area contributed by atoms with E-state index in [0.29, 0.717) is 5.92 Å². The molecule has 2 unspecified atom stereocenters. The molecule has 0 saturated carbocycles. The highest BCUT2D eigenvalue weighted by Gasteiger charge is 2.36. The fraction of sp³-hybridized carbons (Fsp3) is 0.417. The van der Waals surface area contributed by atoms with Crippen molar-refractivity contribution in [3.63, 3.8) is 0 Å². The van der Waals surface area contributed by atoms with Gasteiger partial charge in [-0.1, -0.05) is 6.92 Å². The standard InChI is InChI=1S/C12H15N5/c1-6-8-4-10-9(15-11(13)17-16-10)3-7(8)5-12(6,2)14/h3-4,6H,5,14H2,1-2H3,(H2,13,15,17). The molecule has 0 amide bonds. The summed E-state index contributed by atoms with van der Waals surface area (Å²) in [4.78, 5) is 4.19. The second-order valence-corrected chi connectivity index (χ2v) is 5.11. The first-order chi connectivity index (χ1) is 7.97. The van der Waals surface area contributed by atoms with E-state index in [1.807, 2.05) is 12.1 Å². The van der Waals surface area contributed by atoms with Crippen molar-refractivity contribution in [2.75, 3.05) is 5.73 Å². The van der Waals surface area contributed by atoms with Crippen LogP contribution in [0.25, 0.3) is 11.0 Å². The summed E-state index contributed by atoms with van der Waals surface area (Å²) < 4.78 is 0. The molecule has 5 nitrogen and oxygen atoms in total. The first-order valence-corrected chi connectivity index (χ1v) is 5.69. The number of hydrogen-bond acceptors (Lipinski definition) is 5. The maximum atomic E-state index is 6.28. The molecule has 1 aliphatic carbocycles. The van der Waals surface area contributed by atoms with Crippen molar-refractivity contribution in [3.05, 3.63) is 23.3 Å². The van der Waals surface area contributed by atoms with E-state index in [4.69, 9.17) is 11.5 Å². The molecule has 2 atom stereocenters. The number of nitrogens with zero attached hydrogens (tertiary/aromatic N) is 3. The highest BCUT2D eigenvalue weighted by atomic mass is 15.2. The molecule has 0 saturated heterocycles. The van der Waals surface area contributed by atoms with E-state index >= 15 is 0 Å². The van der Waals surface area contributed by atoms with Crippen molar-refractivity contribution in [2.24, 2.45) is 5.73 Å². The third-order valence-corrected chi connectivity index (χ3v) is 3.76. The Kier molecular flexibility index (Phi) is 1.92. The fourth-order valence-electron chi connectivity index (χ4n) is 2.53. The van der Waals surface area contributed by atoms with Crippen LogP contribution in [0.2, 0.25) is 0 Å². The summed E-state index contributed by atoms with van der Waals surface area (Å²) in [6.45, 7) is 4.23. The molecular weight excluding hydrogens is 214 g/mol. The van der Waals surface area contributed by atoms with Crippen molar-refractivity contribution >= 4 is 17.0 Å². The highest BCUT2D eigenvalue weighted by Crippen LogP contribution is 2.40. The van der Waals surface area contributed by atoms with E-state index in [0.717, 1.165) is 17.5 Å². The van der Waals surface area contributed by atoms with Crippen molar-refractivity contribution in [3.8, 4) is 0 Å². The minimum absolute atomic E-state index is 0.196. The van der Waals surface area contributed by atoms with E-state index < -0.39 is 0 Å². The Morgan fingerprint density at radius 2 is 2.06 bits per heavy atom. The smallest absolute Gasteiger partial charge is 0.240 e. The Balaban J connectivity index is 2.25. The predicted molar refractivity (Wildman–Crippen MR) is 66.5 cm³/mol. The molecule has 88 valence electrons. The van der Waals surface area contributed by atoms with Gasteiger partial charge in [0.15, 0.2) is 0 Å². The Morgan fingerprint density at radius 1 is 1.29 bits per heavy atom. The zero-order chi connectivity index (χ0) is 12.2. The van der Waals surface area contributed by atoms with Crippen LogP contribution in [0, 0.1) is 0 Å². The maximum Gasteiger partial charge on any atom is 0.240 e. The molecule has 17 heavy (non-hydrogen) atoms. The molecule has 0 radical (unpaired) electrons. The van der Waals surface area contributed by atoms with Gasteiger partial charge < -0.3 is 11.5 Å². The van der Waals surface area contributed by atoms with Gasteiger partial charge in [0.25, 0.3) is 0 Å². The lowest BCUT2D eigenvalue weighted by Gasteiger charge is -2.23. The molecule has 0 spiro atoms. The van der Waals surface area contributed by atoms with Crippen LogP contribution in [0.3, 0.4) is 0 Å². The van der Waals surface area contributed by atoms with Gasteiger partial charge in [-0.3, -0.25) is 0 Å². The van der Waals surface area contributed by atoms with Crippen molar-refractivity contribution in [1.29, 1.82) is 0 Å². The average Bonchev–Trinajstić information content (AvgIpc) is 2.47. The van der Waals surface area contributed by atoms with Crippen molar-refractivity contribution in [2.45, 2.75) is 31.7 Å². The number of anilines is 1. The molecule has 2 aromatic rings. The second kappa shape index (κ2) is 3.13. The third kappa shape index (κ3) is 1.46. The fourth-order valence-corrected chi connectivity index (χ4v) is 2.53. The topological polar surface area (TPSA) is 90.7 Å². The Labute approximate surface area is 99.2 Å². The number of benzene rings is 1. The van der Waals surface area contributed by atoms with Crippen LogP contribution in [0.5, 0.6) is 0 Å². The van der Waals surface area contributed by atoms with Gasteiger partial charge >= 0.3 is 0 Å². The second-order valence-electron chi connectivity index (χ2n) is 5.11. The van der Waals surface area contributed by atoms with Gasteiger partial charge in [0.05, 0.1) is 5.52 Å². The average molecular weight is 229 g/mol. The molecule has 1 aliphatic rings. The van der Waals surface area contributed by atoms with Crippen LogP contribution in [0.1, 0.15) is 30.9 Å². The molecule has 0 aliphatic heterocycles. The molecule has 1 heterocycles. The number of nitrogen functional groups attached to an aromatic ring is 1. The van der Waals surface area contributed by atoms with Crippen LogP contribution in [0.4, 0.5) is 5.95 Å². The maximum absolute atomic E-state index is 6.28. The zero-order valence-electron chi connectivity index (χ0n) is 9.94. The number of nitrogens with two attached hydrogens (primary N) is 2. The zero-order valence-corrected chi connectivity index (χ0v) is 9.94. The molecule has 5 heteroatoms. The molecule has 1 aromatic heterocycles.